The number of nitrogens with one attached hydrogen (secondary N) is 1. The van der Waals surface area contributed by atoms with Gasteiger partial charge in [-0.3, -0.25) is 4.79 Å². The van der Waals surface area contributed by atoms with Crippen LogP contribution in [0.15, 0.2) is 60.1 Å². The van der Waals surface area contributed by atoms with Crippen molar-refractivity contribution in [2.24, 2.45) is 5.92 Å². The molecule has 4 nitrogen and oxygen atoms in total. The fourth-order valence-corrected chi connectivity index (χ4v) is 4.08. The maximum Gasteiger partial charge on any atom is 0.229 e. The van der Waals surface area contributed by atoms with Gasteiger partial charge in [-0.25, -0.2) is 9.37 Å². The average Bonchev–Trinajstić information content (AvgIpc) is 3.24. The molecule has 1 amide bonds. The predicted octanol–water partition coefficient (Wildman–Crippen LogP) is 4.80. The van der Waals surface area contributed by atoms with Crippen LogP contribution in [0.5, 0.6) is 0 Å². The van der Waals surface area contributed by atoms with Crippen molar-refractivity contribution in [2.75, 3.05) is 23.3 Å². The Morgan fingerprint density at radius 1 is 1.19 bits per heavy atom. The van der Waals surface area contributed by atoms with Gasteiger partial charge in [0.15, 0.2) is 5.13 Å². The largest absolute Gasteiger partial charge is 0.347 e. The highest BCUT2D eigenvalue weighted by molar-refractivity contribution is 7.13. The SMILES string of the molecule is O=C(Nc1cccc(-c2ccc(F)cc2)c1)C1CCCN(c2nccs2)C1. The minimum atomic E-state index is -0.259. The molecule has 1 atom stereocenters. The summed E-state index contributed by atoms with van der Waals surface area (Å²) in [4.78, 5) is 19.3. The van der Waals surface area contributed by atoms with E-state index >= 15 is 0 Å². The molecule has 1 aromatic heterocycles. The summed E-state index contributed by atoms with van der Waals surface area (Å²) in [6, 6.07) is 14.0. The zero-order valence-electron chi connectivity index (χ0n) is 14.8. The van der Waals surface area contributed by atoms with Gasteiger partial charge in [0.25, 0.3) is 0 Å². The molecule has 3 aromatic rings. The van der Waals surface area contributed by atoms with Gasteiger partial charge in [0.05, 0.1) is 5.92 Å². The zero-order chi connectivity index (χ0) is 18.6. The number of thiazole rings is 1. The maximum atomic E-state index is 13.1. The van der Waals surface area contributed by atoms with Gasteiger partial charge in [0, 0.05) is 30.4 Å². The smallest absolute Gasteiger partial charge is 0.229 e. The van der Waals surface area contributed by atoms with E-state index in [1.165, 1.54) is 12.1 Å². The first-order valence-electron chi connectivity index (χ1n) is 9.00. The van der Waals surface area contributed by atoms with Gasteiger partial charge in [-0.05, 0) is 48.2 Å². The van der Waals surface area contributed by atoms with Gasteiger partial charge >= 0.3 is 0 Å². The fourth-order valence-electron chi connectivity index (χ4n) is 3.40. The Morgan fingerprint density at radius 3 is 2.81 bits per heavy atom. The third-order valence-corrected chi connectivity index (χ3v) is 5.62. The lowest BCUT2D eigenvalue weighted by Gasteiger charge is -2.31. The Bertz CT molecular complexity index is 911. The number of hydrogen-bond donors (Lipinski definition) is 1. The van der Waals surface area contributed by atoms with Crippen molar-refractivity contribution < 1.29 is 9.18 Å². The highest BCUT2D eigenvalue weighted by atomic mass is 32.1. The van der Waals surface area contributed by atoms with Gasteiger partial charge in [-0.15, -0.1) is 11.3 Å². The van der Waals surface area contributed by atoms with E-state index < -0.39 is 0 Å². The topological polar surface area (TPSA) is 45.2 Å². The fraction of sp³-hybridized carbons (Fsp3) is 0.238. The van der Waals surface area contributed by atoms with E-state index in [2.05, 4.69) is 15.2 Å². The highest BCUT2D eigenvalue weighted by Crippen LogP contribution is 2.27. The Labute approximate surface area is 161 Å². The summed E-state index contributed by atoms with van der Waals surface area (Å²) >= 11 is 1.60. The van der Waals surface area contributed by atoms with Gasteiger partial charge in [0.1, 0.15) is 5.82 Å². The van der Waals surface area contributed by atoms with Crippen LogP contribution >= 0.6 is 11.3 Å². The van der Waals surface area contributed by atoms with E-state index in [4.69, 9.17) is 0 Å². The van der Waals surface area contributed by atoms with Crippen LogP contribution in [-0.4, -0.2) is 24.0 Å². The number of nitrogens with zero attached hydrogens (tertiary/aromatic N) is 2. The molecule has 1 saturated heterocycles. The maximum absolute atomic E-state index is 13.1. The summed E-state index contributed by atoms with van der Waals surface area (Å²) in [5.74, 6) is -0.282. The second-order valence-electron chi connectivity index (χ2n) is 6.68. The molecule has 4 rings (SSSR count). The molecule has 1 fully saturated rings. The number of aromatic nitrogens is 1. The van der Waals surface area contributed by atoms with Crippen molar-refractivity contribution in [1.82, 2.24) is 4.98 Å². The van der Waals surface area contributed by atoms with Crippen molar-refractivity contribution in [2.45, 2.75) is 12.8 Å². The molecule has 1 N–H and O–H groups in total. The lowest BCUT2D eigenvalue weighted by atomic mass is 9.97. The van der Waals surface area contributed by atoms with Crippen LogP contribution in [0.25, 0.3) is 11.1 Å². The molecule has 0 bridgehead atoms. The normalized spacial score (nSPS) is 16.9. The molecule has 27 heavy (non-hydrogen) atoms. The number of amides is 1. The third kappa shape index (κ3) is 4.17. The molecule has 0 radical (unpaired) electrons. The van der Waals surface area contributed by atoms with Crippen LogP contribution in [0.4, 0.5) is 15.2 Å². The molecule has 1 aliphatic heterocycles. The van der Waals surface area contributed by atoms with Crippen LogP contribution < -0.4 is 10.2 Å². The first kappa shape index (κ1) is 17.7. The van der Waals surface area contributed by atoms with Crippen molar-refractivity contribution in [3.8, 4) is 11.1 Å². The Kier molecular flexibility index (Phi) is 5.16. The van der Waals surface area contributed by atoms with E-state index in [0.29, 0.717) is 6.54 Å². The van der Waals surface area contributed by atoms with Gasteiger partial charge < -0.3 is 10.2 Å². The zero-order valence-corrected chi connectivity index (χ0v) is 15.6. The number of halogens is 1. The molecule has 0 spiro atoms. The summed E-state index contributed by atoms with van der Waals surface area (Å²) < 4.78 is 13.1. The molecule has 138 valence electrons. The number of piperidine rings is 1. The molecule has 1 unspecified atom stereocenters. The quantitative estimate of drug-likeness (QED) is 0.706. The van der Waals surface area contributed by atoms with Crippen LogP contribution in [0.1, 0.15) is 12.8 Å². The van der Waals surface area contributed by atoms with Crippen LogP contribution in [0, 0.1) is 11.7 Å². The minimum Gasteiger partial charge on any atom is -0.347 e. The molecule has 0 aliphatic carbocycles. The van der Waals surface area contributed by atoms with Crippen LogP contribution in [-0.2, 0) is 4.79 Å². The van der Waals surface area contributed by atoms with Crippen LogP contribution in [0.3, 0.4) is 0 Å². The van der Waals surface area contributed by atoms with E-state index in [0.717, 1.165) is 41.3 Å². The van der Waals surface area contributed by atoms with Gasteiger partial charge in [0.2, 0.25) is 5.91 Å². The molecule has 2 aromatic carbocycles. The summed E-state index contributed by atoms with van der Waals surface area (Å²) in [6.45, 7) is 1.63. The number of carbonyl (C=O) groups excluding carboxylic acids is 1. The average molecular weight is 381 g/mol. The molecule has 6 heteroatoms. The monoisotopic (exact) mass is 381 g/mol. The summed E-state index contributed by atoms with van der Waals surface area (Å²) in [6.07, 6.45) is 3.66. The van der Waals surface area contributed by atoms with Gasteiger partial charge in [-0.2, -0.15) is 0 Å². The van der Waals surface area contributed by atoms with E-state index in [9.17, 15) is 9.18 Å². The lowest BCUT2D eigenvalue weighted by molar-refractivity contribution is -0.120. The first-order chi connectivity index (χ1) is 13.2. The molecule has 0 saturated carbocycles. The summed E-state index contributed by atoms with van der Waals surface area (Å²) in [7, 11) is 0. The van der Waals surface area contributed by atoms with Crippen molar-refractivity contribution in [3.63, 3.8) is 0 Å². The second kappa shape index (κ2) is 7.88. The highest BCUT2D eigenvalue weighted by Gasteiger charge is 2.27. The third-order valence-electron chi connectivity index (χ3n) is 4.79. The van der Waals surface area contributed by atoms with Crippen LogP contribution in [0.2, 0.25) is 0 Å². The molecular formula is C21H20FN3OS. The van der Waals surface area contributed by atoms with Crippen molar-refractivity contribution in [1.29, 1.82) is 0 Å². The predicted molar refractivity (Wildman–Crippen MR) is 108 cm³/mol. The van der Waals surface area contributed by atoms with Crippen molar-refractivity contribution in [3.05, 3.63) is 65.9 Å². The number of anilines is 2. The number of rotatable bonds is 4. The molecule has 2 heterocycles. The minimum absolute atomic E-state index is 0.0347. The Morgan fingerprint density at radius 2 is 2.04 bits per heavy atom. The van der Waals surface area contributed by atoms with Crippen molar-refractivity contribution >= 4 is 28.1 Å². The molecular weight excluding hydrogens is 361 g/mol. The lowest BCUT2D eigenvalue weighted by Crippen LogP contribution is -2.40. The summed E-state index contributed by atoms with van der Waals surface area (Å²) in [5.41, 5.74) is 2.62. The van der Waals surface area contributed by atoms with E-state index in [1.807, 2.05) is 29.6 Å². The van der Waals surface area contributed by atoms with E-state index in [-0.39, 0.29) is 17.6 Å². The standard InChI is InChI=1S/C21H20FN3OS/c22-18-8-6-15(7-9-18)16-3-1-5-19(13-16)24-20(26)17-4-2-11-25(14-17)21-23-10-12-27-21/h1,3,5-10,12-13,17H,2,4,11,14H2,(H,24,26). The Balaban J connectivity index is 1.45. The number of carbonyl (C=O) groups is 1. The first-order valence-corrected chi connectivity index (χ1v) is 9.88. The number of hydrogen-bond acceptors (Lipinski definition) is 4. The van der Waals surface area contributed by atoms with Gasteiger partial charge in [-0.1, -0.05) is 24.3 Å². The Hall–Kier alpha value is -2.73. The summed E-state index contributed by atoms with van der Waals surface area (Å²) in [5, 5.41) is 5.98. The number of benzene rings is 2. The second-order valence-corrected chi connectivity index (χ2v) is 7.55. The molecule has 1 aliphatic rings. The van der Waals surface area contributed by atoms with E-state index in [1.54, 1.807) is 29.7 Å².